The normalized spacial score (nSPS) is 20.1. The molecular weight excluding hydrogens is 339 g/mol. The number of amides is 5. The van der Waals surface area contributed by atoms with Gasteiger partial charge in [-0.3, -0.25) is 19.7 Å². The summed E-state index contributed by atoms with van der Waals surface area (Å²) < 4.78 is 13.4. The van der Waals surface area contributed by atoms with Crippen molar-refractivity contribution in [3.05, 3.63) is 71.5 Å². The standard InChI is InChI=1S/C19H15FN2O4/c1-2-19(13-8-4-3-5-9-13)16(24)21-18(26)22(17(19)25)15(23)12-7-6-10-14(20)11-12/h3-11H,2H2,1H3,(H,21,24,26)/t19-/m1/s1. The van der Waals surface area contributed by atoms with Crippen LogP contribution in [0.2, 0.25) is 0 Å². The summed E-state index contributed by atoms with van der Waals surface area (Å²) in [4.78, 5) is 51.0. The van der Waals surface area contributed by atoms with E-state index in [1.54, 1.807) is 37.3 Å². The molecule has 0 aliphatic carbocycles. The highest BCUT2D eigenvalue weighted by atomic mass is 19.1. The van der Waals surface area contributed by atoms with Gasteiger partial charge < -0.3 is 0 Å². The fraction of sp³-hybridized carbons (Fsp3) is 0.158. The van der Waals surface area contributed by atoms with Gasteiger partial charge in [0.1, 0.15) is 5.82 Å². The number of halogens is 1. The Labute approximate surface area is 148 Å². The lowest BCUT2D eigenvalue weighted by Gasteiger charge is -2.38. The predicted octanol–water partition coefficient (Wildman–Crippen LogP) is 2.39. The van der Waals surface area contributed by atoms with Crippen LogP contribution in [-0.2, 0) is 15.0 Å². The predicted molar refractivity (Wildman–Crippen MR) is 89.5 cm³/mol. The lowest BCUT2D eigenvalue weighted by molar-refractivity contribution is -0.143. The fourth-order valence-corrected chi connectivity index (χ4v) is 3.07. The molecular formula is C19H15FN2O4. The third-order valence-electron chi connectivity index (χ3n) is 4.45. The summed E-state index contributed by atoms with van der Waals surface area (Å²) in [6.07, 6.45) is 0.0435. The molecule has 1 aliphatic heterocycles. The fourth-order valence-electron chi connectivity index (χ4n) is 3.07. The van der Waals surface area contributed by atoms with E-state index in [-0.39, 0.29) is 12.0 Å². The molecule has 2 aromatic carbocycles. The third-order valence-corrected chi connectivity index (χ3v) is 4.45. The molecule has 2 aromatic rings. The van der Waals surface area contributed by atoms with Crippen molar-refractivity contribution in [3.8, 4) is 0 Å². The van der Waals surface area contributed by atoms with Gasteiger partial charge in [0.05, 0.1) is 0 Å². The number of nitrogens with one attached hydrogen (secondary N) is 1. The van der Waals surface area contributed by atoms with Crippen molar-refractivity contribution < 1.29 is 23.6 Å². The van der Waals surface area contributed by atoms with Crippen LogP contribution in [0.3, 0.4) is 0 Å². The number of hydrogen-bond acceptors (Lipinski definition) is 4. The quantitative estimate of drug-likeness (QED) is 0.678. The van der Waals surface area contributed by atoms with Crippen molar-refractivity contribution in [3.63, 3.8) is 0 Å². The monoisotopic (exact) mass is 354 g/mol. The van der Waals surface area contributed by atoms with Crippen LogP contribution >= 0.6 is 0 Å². The molecule has 1 N–H and O–H groups in total. The summed E-state index contributed by atoms with van der Waals surface area (Å²) >= 11 is 0. The van der Waals surface area contributed by atoms with Gasteiger partial charge in [-0.15, -0.1) is 0 Å². The minimum atomic E-state index is -1.71. The highest BCUT2D eigenvalue weighted by Gasteiger charge is 2.55. The van der Waals surface area contributed by atoms with E-state index in [2.05, 4.69) is 5.32 Å². The van der Waals surface area contributed by atoms with Crippen LogP contribution in [0.4, 0.5) is 9.18 Å². The first kappa shape index (κ1) is 17.5. The molecule has 1 heterocycles. The summed E-state index contributed by atoms with van der Waals surface area (Å²) in [5, 5.41) is 2.08. The first-order chi connectivity index (χ1) is 12.4. The Bertz CT molecular complexity index is 913. The lowest BCUT2D eigenvalue weighted by atomic mass is 9.74. The Morgan fingerprint density at radius 1 is 1.08 bits per heavy atom. The average molecular weight is 354 g/mol. The van der Waals surface area contributed by atoms with Gasteiger partial charge >= 0.3 is 6.03 Å². The maximum Gasteiger partial charge on any atom is 0.338 e. The highest BCUT2D eigenvalue weighted by molar-refractivity contribution is 6.30. The number of benzene rings is 2. The lowest BCUT2D eigenvalue weighted by Crippen LogP contribution is -2.67. The molecule has 0 bridgehead atoms. The average Bonchev–Trinajstić information content (AvgIpc) is 2.63. The number of hydrogen-bond donors (Lipinski definition) is 1. The van der Waals surface area contributed by atoms with Crippen LogP contribution in [-0.4, -0.2) is 28.7 Å². The van der Waals surface area contributed by atoms with E-state index in [4.69, 9.17) is 0 Å². The number of rotatable bonds is 3. The molecule has 132 valence electrons. The maximum atomic E-state index is 13.4. The van der Waals surface area contributed by atoms with E-state index in [0.29, 0.717) is 10.5 Å². The molecule has 0 spiro atoms. The van der Waals surface area contributed by atoms with Gasteiger partial charge in [-0.1, -0.05) is 43.3 Å². The summed E-state index contributed by atoms with van der Waals surface area (Å²) in [6.45, 7) is 1.62. The van der Waals surface area contributed by atoms with Gasteiger partial charge in [0.25, 0.3) is 11.8 Å². The topological polar surface area (TPSA) is 83.6 Å². The second kappa shape index (κ2) is 6.51. The van der Waals surface area contributed by atoms with Crippen LogP contribution < -0.4 is 5.32 Å². The van der Waals surface area contributed by atoms with Crippen molar-refractivity contribution in [2.24, 2.45) is 0 Å². The van der Waals surface area contributed by atoms with Crippen molar-refractivity contribution >= 4 is 23.8 Å². The minimum absolute atomic E-state index is 0.0435. The SMILES string of the molecule is CC[C@@]1(c2ccccc2)C(=O)NC(=O)N(C(=O)c2cccc(F)c2)C1=O. The first-order valence-electron chi connectivity index (χ1n) is 7.97. The molecule has 0 aromatic heterocycles. The zero-order valence-corrected chi connectivity index (χ0v) is 13.9. The van der Waals surface area contributed by atoms with E-state index in [1.807, 2.05) is 0 Å². The van der Waals surface area contributed by atoms with Crippen molar-refractivity contribution in [1.29, 1.82) is 0 Å². The van der Waals surface area contributed by atoms with Gasteiger partial charge in [-0.2, -0.15) is 4.90 Å². The second-order valence-electron chi connectivity index (χ2n) is 5.84. The minimum Gasteiger partial charge on any atom is -0.276 e. The number of nitrogens with zero attached hydrogens (tertiary/aromatic N) is 1. The Kier molecular flexibility index (Phi) is 4.38. The summed E-state index contributed by atoms with van der Waals surface area (Å²) in [7, 11) is 0. The number of barbiturate groups is 1. The summed E-state index contributed by atoms with van der Waals surface area (Å²) in [5.41, 5.74) is -1.51. The van der Waals surface area contributed by atoms with Gasteiger partial charge in [0.15, 0.2) is 5.41 Å². The first-order valence-corrected chi connectivity index (χ1v) is 7.97. The molecule has 1 atom stereocenters. The van der Waals surface area contributed by atoms with E-state index >= 15 is 0 Å². The molecule has 1 fully saturated rings. The maximum absolute atomic E-state index is 13.4. The number of urea groups is 1. The molecule has 0 unspecified atom stereocenters. The molecule has 6 nitrogen and oxygen atoms in total. The Morgan fingerprint density at radius 2 is 1.77 bits per heavy atom. The summed E-state index contributed by atoms with van der Waals surface area (Å²) in [5.74, 6) is -3.41. The molecule has 3 rings (SSSR count). The van der Waals surface area contributed by atoms with E-state index in [9.17, 15) is 23.6 Å². The van der Waals surface area contributed by atoms with E-state index < -0.39 is 35.0 Å². The zero-order valence-electron chi connectivity index (χ0n) is 13.9. The molecule has 0 saturated carbocycles. The molecule has 26 heavy (non-hydrogen) atoms. The van der Waals surface area contributed by atoms with Gasteiger partial charge in [-0.25, -0.2) is 9.18 Å². The van der Waals surface area contributed by atoms with Crippen LogP contribution in [0.15, 0.2) is 54.6 Å². The van der Waals surface area contributed by atoms with Gasteiger partial charge in [0.2, 0.25) is 5.91 Å². The van der Waals surface area contributed by atoms with Crippen molar-refractivity contribution in [2.45, 2.75) is 18.8 Å². The Balaban J connectivity index is 2.10. The smallest absolute Gasteiger partial charge is 0.276 e. The third kappa shape index (κ3) is 2.57. The van der Waals surface area contributed by atoms with Crippen LogP contribution in [0, 0.1) is 5.82 Å². The highest BCUT2D eigenvalue weighted by Crippen LogP contribution is 2.34. The van der Waals surface area contributed by atoms with Gasteiger partial charge in [-0.05, 0) is 30.2 Å². The molecule has 1 saturated heterocycles. The number of imide groups is 4. The Hall–Kier alpha value is -3.35. The molecule has 7 heteroatoms. The van der Waals surface area contributed by atoms with E-state index in [1.165, 1.54) is 12.1 Å². The van der Waals surface area contributed by atoms with Crippen LogP contribution in [0.5, 0.6) is 0 Å². The molecule has 5 amide bonds. The molecule has 1 aliphatic rings. The molecule has 0 radical (unpaired) electrons. The summed E-state index contributed by atoms with van der Waals surface area (Å²) in [6, 6.07) is 11.7. The van der Waals surface area contributed by atoms with Crippen molar-refractivity contribution in [1.82, 2.24) is 10.2 Å². The Morgan fingerprint density at radius 3 is 2.38 bits per heavy atom. The number of carbonyl (C=O) groups excluding carboxylic acids is 4. The second-order valence-corrected chi connectivity index (χ2v) is 5.84. The van der Waals surface area contributed by atoms with Crippen LogP contribution in [0.25, 0.3) is 0 Å². The van der Waals surface area contributed by atoms with Gasteiger partial charge in [0, 0.05) is 5.56 Å². The zero-order chi connectivity index (χ0) is 18.9. The number of carbonyl (C=O) groups is 4. The van der Waals surface area contributed by atoms with Crippen LogP contribution in [0.1, 0.15) is 29.3 Å². The largest absolute Gasteiger partial charge is 0.338 e. The van der Waals surface area contributed by atoms with E-state index in [0.717, 1.165) is 12.1 Å². The van der Waals surface area contributed by atoms with Crippen molar-refractivity contribution in [2.75, 3.05) is 0 Å².